The van der Waals surface area contributed by atoms with Gasteiger partial charge in [0.15, 0.2) is 21.4 Å². The van der Waals surface area contributed by atoms with Gasteiger partial charge in [0.05, 0.1) is 30.7 Å². The van der Waals surface area contributed by atoms with Crippen LogP contribution in [0.4, 0.5) is 0 Å². The van der Waals surface area contributed by atoms with Crippen LogP contribution in [0.3, 0.4) is 0 Å². The molecular formula is C22H24N4O6S2. The molecule has 0 fully saturated rings. The van der Waals surface area contributed by atoms with E-state index in [1.165, 1.54) is 32.5 Å². The zero-order valence-electron chi connectivity index (χ0n) is 19.0. The van der Waals surface area contributed by atoms with Crippen LogP contribution in [0.25, 0.3) is 17.3 Å². The fraction of sp³-hybridized carbons (Fsp3) is 0.318. The summed E-state index contributed by atoms with van der Waals surface area (Å²) < 4.78 is 45.0. The van der Waals surface area contributed by atoms with Gasteiger partial charge in [0, 0.05) is 5.38 Å². The Morgan fingerprint density at radius 2 is 1.85 bits per heavy atom. The predicted molar refractivity (Wildman–Crippen MR) is 126 cm³/mol. The zero-order chi connectivity index (χ0) is 24.5. The van der Waals surface area contributed by atoms with E-state index in [0.29, 0.717) is 34.4 Å². The van der Waals surface area contributed by atoms with Gasteiger partial charge in [0.25, 0.3) is 0 Å². The van der Waals surface area contributed by atoms with E-state index in [4.69, 9.17) is 13.9 Å². The SMILES string of the molecule is COc1cccc(OC)c1-n1c(CS(=O)(=O)[C@@H](C)[C@H](O)c2cscn2)nnc1-c1ccc(C)o1. The standard InChI is InChI=1S/C22H24N4O6S2/c1-13-8-9-18(32-13)22-25-24-19(26(22)20-16(30-3)6-5-7-17(20)31-4)11-34(28,29)14(2)21(27)15-10-33-12-23-15/h5-10,12,14,21,27H,11H2,1-4H3/t14-,21-/m0/s1. The first-order chi connectivity index (χ1) is 16.3. The number of aliphatic hydroxyl groups is 1. The highest BCUT2D eigenvalue weighted by Gasteiger charge is 2.34. The molecule has 0 saturated carbocycles. The van der Waals surface area contributed by atoms with E-state index in [-0.39, 0.29) is 11.6 Å². The molecule has 4 rings (SSSR count). The van der Waals surface area contributed by atoms with Crippen molar-refractivity contribution in [3.05, 3.63) is 58.5 Å². The molecule has 0 aliphatic heterocycles. The molecule has 0 radical (unpaired) electrons. The number of methoxy groups -OCH3 is 2. The lowest BCUT2D eigenvalue weighted by Crippen LogP contribution is -2.28. The molecule has 34 heavy (non-hydrogen) atoms. The van der Waals surface area contributed by atoms with Crippen LogP contribution in [0.5, 0.6) is 11.5 Å². The maximum Gasteiger partial charge on any atom is 0.204 e. The molecule has 0 bridgehead atoms. The van der Waals surface area contributed by atoms with Crippen LogP contribution in [0.1, 0.15) is 30.3 Å². The van der Waals surface area contributed by atoms with Crippen molar-refractivity contribution in [3.8, 4) is 28.8 Å². The Kier molecular flexibility index (Phi) is 6.73. The van der Waals surface area contributed by atoms with E-state index in [9.17, 15) is 13.5 Å². The van der Waals surface area contributed by atoms with E-state index in [1.807, 2.05) is 0 Å². The lowest BCUT2D eigenvalue weighted by molar-refractivity contribution is 0.172. The van der Waals surface area contributed by atoms with Crippen molar-refractivity contribution < 1.29 is 27.4 Å². The van der Waals surface area contributed by atoms with Gasteiger partial charge in [-0.1, -0.05) is 6.07 Å². The van der Waals surface area contributed by atoms with Crippen molar-refractivity contribution in [1.29, 1.82) is 0 Å². The van der Waals surface area contributed by atoms with Crippen molar-refractivity contribution in [2.45, 2.75) is 31.0 Å². The average molecular weight is 505 g/mol. The van der Waals surface area contributed by atoms with E-state index < -0.39 is 26.9 Å². The van der Waals surface area contributed by atoms with E-state index >= 15 is 0 Å². The lowest BCUT2D eigenvalue weighted by Gasteiger charge is -2.19. The first-order valence-electron chi connectivity index (χ1n) is 10.3. The molecule has 0 amide bonds. The Hall–Kier alpha value is -3.22. The predicted octanol–water partition coefficient (Wildman–Crippen LogP) is 3.35. The van der Waals surface area contributed by atoms with Crippen LogP contribution in [-0.4, -0.2) is 52.7 Å². The Bertz CT molecular complexity index is 1360. The van der Waals surface area contributed by atoms with Crippen molar-refractivity contribution >= 4 is 21.2 Å². The number of benzene rings is 1. The van der Waals surface area contributed by atoms with E-state index in [0.717, 1.165) is 0 Å². The fourth-order valence-electron chi connectivity index (χ4n) is 3.53. The molecule has 0 saturated heterocycles. The number of hydrogen-bond donors (Lipinski definition) is 1. The summed E-state index contributed by atoms with van der Waals surface area (Å²) in [4.78, 5) is 4.04. The molecule has 0 unspecified atom stereocenters. The third-order valence-electron chi connectivity index (χ3n) is 5.41. The molecule has 1 N–H and O–H groups in total. The highest BCUT2D eigenvalue weighted by atomic mass is 32.2. The normalized spacial score (nSPS) is 13.6. The molecule has 10 nitrogen and oxygen atoms in total. The summed E-state index contributed by atoms with van der Waals surface area (Å²) in [7, 11) is -0.889. The van der Waals surface area contributed by atoms with Crippen molar-refractivity contribution in [3.63, 3.8) is 0 Å². The second-order valence-electron chi connectivity index (χ2n) is 7.57. The molecule has 0 aliphatic rings. The number of furan rings is 1. The molecule has 3 heterocycles. The molecule has 0 aliphatic carbocycles. The van der Waals surface area contributed by atoms with Crippen LogP contribution < -0.4 is 9.47 Å². The van der Waals surface area contributed by atoms with Crippen molar-refractivity contribution in [2.24, 2.45) is 0 Å². The smallest absolute Gasteiger partial charge is 0.204 e. The minimum atomic E-state index is -3.89. The van der Waals surface area contributed by atoms with Gasteiger partial charge in [0.2, 0.25) is 5.82 Å². The third-order valence-corrected chi connectivity index (χ3v) is 8.07. The highest BCUT2D eigenvalue weighted by molar-refractivity contribution is 7.91. The van der Waals surface area contributed by atoms with Crippen LogP contribution in [0.15, 0.2) is 45.6 Å². The monoisotopic (exact) mass is 504 g/mol. The van der Waals surface area contributed by atoms with Gasteiger partial charge >= 0.3 is 0 Å². The van der Waals surface area contributed by atoms with Crippen LogP contribution in [0.2, 0.25) is 0 Å². The lowest BCUT2D eigenvalue weighted by atomic mass is 10.2. The number of aryl methyl sites for hydroxylation is 1. The topological polar surface area (TPSA) is 130 Å². The number of rotatable bonds is 9. The summed E-state index contributed by atoms with van der Waals surface area (Å²) in [6.07, 6.45) is -1.28. The Morgan fingerprint density at radius 1 is 1.15 bits per heavy atom. The van der Waals surface area contributed by atoms with Gasteiger partial charge < -0.3 is 19.0 Å². The van der Waals surface area contributed by atoms with Crippen LogP contribution >= 0.6 is 11.3 Å². The minimum Gasteiger partial charge on any atom is -0.494 e. The maximum absolute atomic E-state index is 13.3. The Labute approximate surface area is 200 Å². The Morgan fingerprint density at radius 3 is 2.41 bits per heavy atom. The molecule has 3 aromatic heterocycles. The molecule has 0 spiro atoms. The van der Waals surface area contributed by atoms with Crippen molar-refractivity contribution in [2.75, 3.05) is 14.2 Å². The quantitative estimate of drug-likeness (QED) is 0.365. The highest BCUT2D eigenvalue weighted by Crippen LogP contribution is 2.37. The molecule has 4 aromatic rings. The molecule has 180 valence electrons. The third kappa shape index (κ3) is 4.43. The number of thiazole rings is 1. The zero-order valence-corrected chi connectivity index (χ0v) is 20.6. The van der Waals surface area contributed by atoms with Crippen LogP contribution in [-0.2, 0) is 15.6 Å². The number of ether oxygens (including phenoxy) is 2. The van der Waals surface area contributed by atoms with Crippen molar-refractivity contribution in [1.82, 2.24) is 19.7 Å². The number of para-hydroxylation sites is 1. The maximum atomic E-state index is 13.3. The summed E-state index contributed by atoms with van der Waals surface area (Å²) in [6, 6.07) is 8.70. The summed E-state index contributed by atoms with van der Waals surface area (Å²) in [6.45, 7) is 3.24. The van der Waals surface area contributed by atoms with Gasteiger partial charge in [-0.3, -0.25) is 4.57 Å². The van der Waals surface area contributed by atoms with Crippen LogP contribution in [0, 0.1) is 6.92 Å². The average Bonchev–Trinajstić information content (AvgIpc) is 3.58. The summed E-state index contributed by atoms with van der Waals surface area (Å²) in [5.41, 5.74) is 2.28. The fourth-order valence-corrected chi connectivity index (χ4v) is 5.45. The van der Waals surface area contributed by atoms with Gasteiger partial charge in [-0.25, -0.2) is 13.4 Å². The molecular weight excluding hydrogens is 480 g/mol. The Balaban J connectivity index is 1.84. The first kappa shape index (κ1) is 23.9. The largest absolute Gasteiger partial charge is 0.494 e. The second-order valence-corrected chi connectivity index (χ2v) is 10.6. The van der Waals surface area contributed by atoms with Gasteiger partial charge in [-0.15, -0.1) is 21.5 Å². The number of aliphatic hydroxyl groups excluding tert-OH is 1. The summed E-state index contributed by atoms with van der Waals surface area (Å²) in [5, 5.41) is 19.5. The molecule has 12 heteroatoms. The van der Waals surface area contributed by atoms with E-state index in [1.54, 1.807) is 52.7 Å². The molecule has 1 aromatic carbocycles. The van der Waals surface area contributed by atoms with Gasteiger partial charge in [-0.2, -0.15) is 0 Å². The number of hydrogen-bond acceptors (Lipinski definition) is 10. The molecule has 2 atom stereocenters. The second kappa shape index (κ2) is 9.57. The van der Waals surface area contributed by atoms with Gasteiger partial charge in [0.1, 0.15) is 34.8 Å². The first-order valence-corrected chi connectivity index (χ1v) is 12.9. The number of sulfone groups is 1. The number of nitrogens with zero attached hydrogens (tertiary/aromatic N) is 4. The number of aromatic nitrogens is 4. The minimum absolute atomic E-state index is 0.115. The summed E-state index contributed by atoms with van der Waals surface area (Å²) in [5.74, 6) is 1.82. The van der Waals surface area contributed by atoms with Gasteiger partial charge in [-0.05, 0) is 38.1 Å². The van der Waals surface area contributed by atoms with E-state index in [2.05, 4.69) is 15.2 Å². The summed E-state index contributed by atoms with van der Waals surface area (Å²) >= 11 is 1.28.